The van der Waals surface area contributed by atoms with Crippen molar-refractivity contribution in [1.29, 1.82) is 0 Å². The van der Waals surface area contributed by atoms with Crippen LogP contribution in [0.3, 0.4) is 0 Å². The average Bonchev–Trinajstić information content (AvgIpc) is 2.74. The molecule has 0 radical (unpaired) electrons. The van der Waals surface area contributed by atoms with E-state index < -0.39 is 14.9 Å². The second-order valence-corrected chi connectivity index (χ2v) is 8.13. The minimum atomic E-state index is -3.90. The number of benzene rings is 1. The average molecular weight is 339 g/mol. The predicted molar refractivity (Wildman–Crippen MR) is 85.9 cm³/mol. The molecular weight excluding hydrogens is 318 g/mol. The first kappa shape index (κ1) is 16.4. The Labute approximate surface area is 135 Å². The third kappa shape index (κ3) is 2.64. The highest BCUT2D eigenvalue weighted by atomic mass is 32.2. The molecule has 1 N–H and O–H groups in total. The maximum atomic E-state index is 13.3. The SMILES string of the molecule is Cc1ccc(C)c(S(=O)(=O)N2C3CCNCC2CC3)c1[N+](=O)[O-]. The van der Waals surface area contributed by atoms with Gasteiger partial charge in [-0.2, -0.15) is 4.31 Å². The van der Waals surface area contributed by atoms with Gasteiger partial charge in [-0.15, -0.1) is 0 Å². The molecule has 2 fully saturated rings. The molecule has 0 amide bonds. The number of rotatable bonds is 3. The van der Waals surface area contributed by atoms with Crippen molar-refractivity contribution in [2.75, 3.05) is 13.1 Å². The van der Waals surface area contributed by atoms with Crippen molar-refractivity contribution in [2.45, 2.75) is 50.1 Å². The topological polar surface area (TPSA) is 92.6 Å². The van der Waals surface area contributed by atoms with Crippen LogP contribution in [0.15, 0.2) is 17.0 Å². The van der Waals surface area contributed by atoms with Crippen LogP contribution in [0.25, 0.3) is 0 Å². The number of nitrogens with one attached hydrogen (secondary N) is 1. The Morgan fingerprint density at radius 2 is 1.83 bits per heavy atom. The Balaban J connectivity index is 2.18. The minimum absolute atomic E-state index is 0.0699. The first-order valence-electron chi connectivity index (χ1n) is 7.83. The van der Waals surface area contributed by atoms with Crippen molar-refractivity contribution in [1.82, 2.24) is 9.62 Å². The Kier molecular flexibility index (Phi) is 4.16. The van der Waals surface area contributed by atoms with Crippen LogP contribution in [0, 0.1) is 24.0 Å². The van der Waals surface area contributed by atoms with Crippen LogP contribution < -0.4 is 5.32 Å². The monoisotopic (exact) mass is 339 g/mol. The van der Waals surface area contributed by atoms with Gasteiger partial charge in [-0.1, -0.05) is 12.1 Å². The third-order valence-corrected chi connectivity index (χ3v) is 7.02. The van der Waals surface area contributed by atoms with Crippen molar-refractivity contribution in [3.8, 4) is 0 Å². The van der Waals surface area contributed by atoms with Gasteiger partial charge in [0.05, 0.1) is 4.92 Å². The molecule has 2 bridgehead atoms. The predicted octanol–water partition coefficient (Wildman–Crippen LogP) is 1.73. The second kappa shape index (κ2) is 5.85. The zero-order valence-electron chi connectivity index (χ0n) is 13.3. The summed E-state index contributed by atoms with van der Waals surface area (Å²) in [6.07, 6.45) is 2.37. The van der Waals surface area contributed by atoms with Crippen molar-refractivity contribution in [2.24, 2.45) is 0 Å². The van der Waals surface area contributed by atoms with Gasteiger partial charge in [0.2, 0.25) is 0 Å². The normalized spacial score (nSPS) is 25.3. The lowest BCUT2D eigenvalue weighted by Gasteiger charge is -2.27. The van der Waals surface area contributed by atoms with E-state index in [1.807, 2.05) is 0 Å². The summed E-state index contributed by atoms with van der Waals surface area (Å²) in [6, 6.07) is 3.06. The summed E-state index contributed by atoms with van der Waals surface area (Å²) in [4.78, 5) is 10.8. The number of hydrogen-bond donors (Lipinski definition) is 1. The first-order valence-corrected chi connectivity index (χ1v) is 9.27. The highest BCUT2D eigenvalue weighted by Crippen LogP contribution is 2.39. The molecule has 23 heavy (non-hydrogen) atoms. The van der Waals surface area contributed by atoms with Gasteiger partial charge < -0.3 is 5.32 Å². The molecule has 0 aliphatic carbocycles. The molecule has 2 heterocycles. The van der Waals surface area contributed by atoms with Crippen LogP contribution in [0.4, 0.5) is 5.69 Å². The smallest absolute Gasteiger partial charge is 0.292 e. The summed E-state index contributed by atoms with van der Waals surface area (Å²) in [5.41, 5.74) is 0.514. The van der Waals surface area contributed by atoms with Gasteiger partial charge in [0.1, 0.15) is 0 Å². The summed E-state index contributed by atoms with van der Waals surface area (Å²) in [5, 5.41) is 14.7. The number of fused-ring (bicyclic) bond motifs is 2. The summed E-state index contributed by atoms with van der Waals surface area (Å²) >= 11 is 0. The van der Waals surface area contributed by atoms with Crippen molar-refractivity contribution >= 4 is 15.7 Å². The van der Waals surface area contributed by atoms with Gasteiger partial charge >= 0.3 is 0 Å². The molecule has 2 saturated heterocycles. The Bertz CT molecular complexity index is 733. The number of aryl methyl sites for hydroxylation is 2. The Hall–Kier alpha value is -1.51. The molecule has 0 saturated carbocycles. The van der Waals surface area contributed by atoms with E-state index in [-0.39, 0.29) is 22.7 Å². The van der Waals surface area contributed by atoms with E-state index in [9.17, 15) is 18.5 Å². The van der Waals surface area contributed by atoms with E-state index >= 15 is 0 Å². The van der Waals surface area contributed by atoms with Gasteiger partial charge in [0, 0.05) is 24.2 Å². The lowest BCUT2D eigenvalue weighted by Crippen LogP contribution is -2.42. The van der Waals surface area contributed by atoms with Crippen LogP contribution >= 0.6 is 0 Å². The number of nitrogens with zero attached hydrogens (tertiary/aromatic N) is 2. The standard InChI is InChI=1S/C15H21N3O4S/c1-10-3-4-11(2)15(14(10)18(19)20)23(21,22)17-12-5-6-13(17)9-16-8-7-12/h3-4,12-13,16H,5-9H2,1-2H3. The molecule has 0 spiro atoms. The van der Waals surface area contributed by atoms with Gasteiger partial charge in [0.25, 0.3) is 15.7 Å². The molecule has 8 heteroatoms. The Morgan fingerprint density at radius 1 is 1.17 bits per heavy atom. The molecule has 1 aromatic rings. The largest absolute Gasteiger partial charge is 0.315 e. The van der Waals surface area contributed by atoms with E-state index in [1.54, 1.807) is 26.0 Å². The highest BCUT2D eigenvalue weighted by molar-refractivity contribution is 7.89. The molecule has 126 valence electrons. The Morgan fingerprint density at radius 3 is 2.52 bits per heavy atom. The first-order chi connectivity index (χ1) is 10.8. The third-order valence-electron chi connectivity index (χ3n) is 4.84. The summed E-state index contributed by atoms with van der Waals surface area (Å²) in [7, 11) is -3.90. The van der Waals surface area contributed by atoms with E-state index in [0.29, 0.717) is 17.7 Å². The van der Waals surface area contributed by atoms with Gasteiger partial charge in [-0.3, -0.25) is 10.1 Å². The zero-order valence-corrected chi connectivity index (χ0v) is 14.1. The van der Waals surface area contributed by atoms with Crippen molar-refractivity contribution in [3.63, 3.8) is 0 Å². The zero-order chi connectivity index (χ0) is 16.8. The number of hydrogen-bond acceptors (Lipinski definition) is 5. The van der Waals surface area contributed by atoms with Gasteiger partial charge in [-0.05, 0) is 45.2 Å². The summed E-state index contributed by atoms with van der Waals surface area (Å²) in [5.74, 6) is 0. The molecule has 1 aromatic carbocycles. The fourth-order valence-corrected chi connectivity index (χ4v) is 6.10. The number of nitro benzene ring substituents is 1. The van der Waals surface area contributed by atoms with Crippen LogP contribution in [0.5, 0.6) is 0 Å². The quantitative estimate of drug-likeness (QED) is 0.669. The maximum Gasteiger partial charge on any atom is 0.292 e. The van der Waals surface area contributed by atoms with E-state index in [2.05, 4.69) is 5.32 Å². The lowest BCUT2D eigenvalue weighted by atomic mass is 10.1. The van der Waals surface area contributed by atoms with Crippen molar-refractivity contribution in [3.05, 3.63) is 33.4 Å². The van der Waals surface area contributed by atoms with Crippen LogP contribution in [0.1, 0.15) is 30.4 Å². The minimum Gasteiger partial charge on any atom is -0.315 e. The van der Waals surface area contributed by atoms with Gasteiger partial charge in [0.15, 0.2) is 4.90 Å². The van der Waals surface area contributed by atoms with Crippen LogP contribution in [0.2, 0.25) is 0 Å². The summed E-state index contributed by atoms with van der Waals surface area (Å²) in [6.45, 7) is 4.59. The van der Waals surface area contributed by atoms with E-state index in [4.69, 9.17) is 0 Å². The number of nitro groups is 1. The maximum absolute atomic E-state index is 13.3. The molecule has 2 aliphatic rings. The molecule has 0 aromatic heterocycles. The van der Waals surface area contributed by atoms with Gasteiger partial charge in [-0.25, -0.2) is 8.42 Å². The fraction of sp³-hybridized carbons (Fsp3) is 0.600. The molecular formula is C15H21N3O4S. The fourth-order valence-electron chi connectivity index (χ4n) is 3.76. The molecule has 2 atom stereocenters. The lowest BCUT2D eigenvalue weighted by molar-refractivity contribution is -0.388. The highest BCUT2D eigenvalue weighted by Gasteiger charge is 2.46. The number of sulfonamides is 1. The molecule has 2 aliphatic heterocycles. The van der Waals surface area contributed by atoms with E-state index in [1.165, 1.54) is 4.31 Å². The molecule has 7 nitrogen and oxygen atoms in total. The second-order valence-electron chi connectivity index (χ2n) is 6.35. The summed E-state index contributed by atoms with van der Waals surface area (Å²) < 4.78 is 28.1. The molecule has 2 unspecified atom stereocenters. The van der Waals surface area contributed by atoms with Crippen LogP contribution in [-0.2, 0) is 10.0 Å². The molecule has 3 rings (SSSR count). The van der Waals surface area contributed by atoms with Crippen molar-refractivity contribution < 1.29 is 13.3 Å². The van der Waals surface area contributed by atoms with Crippen LogP contribution in [-0.4, -0.2) is 42.8 Å². The van der Waals surface area contributed by atoms with E-state index in [0.717, 1.165) is 25.8 Å².